The molecule has 0 amide bonds. The summed E-state index contributed by atoms with van der Waals surface area (Å²) in [6.45, 7) is 23.3. The van der Waals surface area contributed by atoms with Crippen LogP contribution in [0.1, 0.15) is 103 Å². The van der Waals surface area contributed by atoms with Crippen LogP contribution in [-0.4, -0.2) is 0 Å². The van der Waals surface area contributed by atoms with Crippen molar-refractivity contribution in [3.05, 3.63) is 185 Å². The van der Waals surface area contributed by atoms with Gasteiger partial charge in [-0.3, -0.25) is 0 Å². The van der Waals surface area contributed by atoms with Gasteiger partial charge in [-0.1, -0.05) is 166 Å². The molecular formula is C60H55NO. The second-order valence-electron chi connectivity index (χ2n) is 21.1. The number of benzene rings is 8. The van der Waals surface area contributed by atoms with Gasteiger partial charge in [0, 0.05) is 44.2 Å². The number of hydrogen-bond donors (Lipinski definition) is 0. The molecule has 8 aromatic carbocycles. The van der Waals surface area contributed by atoms with E-state index in [9.17, 15) is 0 Å². The first-order valence-electron chi connectivity index (χ1n) is 22.3. The molecule has 0 spiro atoms. The Morgan fingerprint density at radius 1 is 0.419 bits per heavy atom. The Morgan fingerprint density at radius 3 is 1.68 bits per heavy atom. The van der Waals surface area contributed by atoms with Crippen LogP contribution < -0.4 is 4.90 Å². The Labute approximate surface area is 366 Å². The summed E-state index contributed by atoms with van der Waals surface area (Å²) in [4.78, 5) is 2.47. The van der Waals surface area contributed by atoms with E-state index in [1.54, 1.807) is 0 Å². The summed E-state index contributed by atoms with van der Waals surface area (Å²) in [5, 5.41) is 4.94. The average molecular weight is 806 g/mol. The predicted octanol–water partition coefficient (Wildman–Crippen LogP) is 17.1. The van der Waals surface area contributed by atoms with Crippen molar-refractivity contribution in [3.63, 3.8) is 0 Å². The fourth-order valence-electron chi connectivity index (χ4n) is 10.8. The Bertz CT molecular complexity index is 3300. The molecule has 306 valence electrons. The van der Waals surface area contributed by atoms with Gasteiger partial charge in [0.15, 0.2) is 0 Å². The number of furan rings is 1. The maximum absolute atomic E-state index is 6.90. The fraction of sp³-hybridized carbons (Fsp3) is 0.233. The highest BCUT2D eigenvalue weighted by atomic mass is 16.3. The lowest BCUT2D eigenvalue weighted by Crippen LogP contribution is -2.18. The normalized spacial score (nSPS) is 14.9. The molecule has 2 nitrogen and oxygen atoms in total. The zero-order valence-corrected chi connectivity index (χ0v) is 37.8. The van der Waals surface area contributed by atoms with Crippen molar-refractivity contribution in [2.75, 3.05) is 4.90 Å². The monoisotopic (exact) mass is 805 g/mol. The van der Waals surface area contributed by atoms with Gasteiger partial charge in [0.25, 0.3) is 0 Å². The predicted molar refractivity (Wildman–Crippen MR) is 264 cm³/mol. The maximum Gasteiger partial charge on any atom is 0.139 e. The molecule has 9 aromatic rings. The first-order chi connectivity index (χ1) is 29.5. The molecule has 2 aliphatic rings. The zero-order chi connectivity index (χ0) is 43.1. The molecule has 1 heterocycles. The third-order valence-electron chi connectivity index (χ3n) is 14.3. The second-order valence-corrected chi connectivity index (χ2v) is 21.1. The van der Waals surface area contributed by atoms with Crippen molar-refractivity contribution in [1.29, 1.82) is 0 Å². The number of rotatable bonds is 4. The van der Waals surface area contributed by atoms with E-state index in [1.807, 2.05) is 0 Å². The molecule has 2 aliphatic carbocycles. The van der Waals surface area contributed by atoms with Gasteiger partial charge in [-0.15, -0.1) is 0 Å². The van der Waals surface area contributed by atoms with Crippen molar-refractivity contribution in [2.24, 2.45) is 0 Å². The number of hydrogen-bond acceptors (Lipinski definition) is 2. The SMILES string of the molecule is CC(C)(C)c1cc(C(C)(C)C)c2oc3cc4c(cc3c2c1)C(C)(C)c1cc(N(c2ccc(-c3cccc5ccccc35)cc2)c2ccc3c(c2)C(C)(C)c2ccccc2-3)ccc1-4. The van der Waals surface area contributed by atoms with E-state index in [4.69, 9.17) is 4.42 Å². The van der Waals surface area contributed by atoms with E-state index in [2.05, 4.69) is 226 Å². The molecule has 62 heavy (non-hydrogen) atoms. The molecule has 0 unspecified atom stereocenters. The molecule has 0 atom stereocenters. The van der Waals surface area contributed by atoms with Crippen LogP contribution in [0.25, 0.3) is 66.1 Å². The largest absolute Gasteiger partial charge is 0.456 e. The maximum atomic E-state index is 6.90. The van der Waals surface area contributed by atoms with E-state index in [0.29, 0.717) is 0 Å². The van der Waals surface area contributed by atoms with Gasteiger partial charge in [0.2, 0.25) is 0 Å². The van der Waals surface area contributed by atoms with E-state index >= 15 is 0 Å². The molecule has 1 aromatic heterocycles. The molecule has 0 bridgehead atoms. The van der Waals surface area contributed by atoms with Crippen LogP contribution in [-0.2, 0) is 21.7 Å². The molecule has 2 heteroatoms. The zero-order valence-electron chi connectivity index (χ0n) is 37.8. The third-order valence-corrected chi connectivity index (χ3v) is 14.3. The molecule has 11 rings (SSSR count). The lowest BCUT2D eigenvalue weighted by Gasteiger charge is -2.30. The van der Waals surface area contributed by atoms with Gasteiger partial charge in [-0.25, -0.2) is 0 Å². The van der Waals surface area contributed by atoms with E-state index < -0.39 is 0 Å². The van der Waals surface area contributed by atoms with Crippen LogP contribution in [0.4, 0.5) is 17.1 Å². The standard InChI is InChI=1S/C60H55NO/c1-57(2,3)38-30-49-48-34-53-47(35-55(48)62-56(49)54(31-38)58(4,5)6)46-29-27-41(33-52(46)60(53,9)10)61(40-26-28-45-44-19-13-14-21-50(44)59(7,8)51(45)32-40)39-24-22-37(23-25-39)43-20-15-17-36-16-11-12-18-42(36)43/h11-35H,1-10H3. The molecule has 0 saturated heterocycles. The van der Waals surface area contributed by atoms with Gasteiger partial charge >= 0.3 is 0 Å². The van der Waals surface area contributed by atoms with Gasteiger partial charge < -0.3 is 9.32 Å². The smallest absolute Gasteiger partial charge is 0.139 e. The Balaban J connectivity index is 1.07. The number of nitrogens with zero attached hydrogens (tertiary/aromatic N) is 1. The van der Waals surface area contributed by atoms with Crippen LogP contribution in [0.3, 0.4) is 0 Å². The highest BCUT2D eigenvalue weighted by molar-refractivity contribution is 6.09. The molecule has 0 aliphatic heterocycles. The van der Waals surface area contributed by atoms with Crippen LogP contribution >= 0.6 is 0 Å². The summed E-state index contributed by atoms with van der Waals surface area (Å²) in [7, 11) is 0. The third kappa shape index (κ3) is 5.68. The molecule has 0 saturated carbocycles. The highest BCUT2D eigenvalue weighted by Gasteiger charge is 2.39. The first kappa shape index (κ1) is 38.5. The fourth-order valence-corrected chi connectivity index (χ4v) is 10.8. The summed E-state index contributed by atoms with van der Waals surface area (Å²) in [6.07, 6.45) is 0. The molecular weight excluding hydrogens is 751 g/mol. The summed E-state index contributed by atoms with van der Waals surface area (Å²) in [5.41, 5.74) is 20.7. The molecule has 0 fully saturated rings. The lowest BCUT2D eigenvalue weighted by atomic mass is 9.79. The summed E-state index contributed by atoms with van der Waals surface area (Å²) >= 11 is 0. The summed E-state index contributed by atoms with van der Waals surface area (Å²) < 4.78 is 6.90. The Kier molecular flexibility index (Phi) is 8.12. The van der Waals surface area contributed by atoms with Crippen molar-refractivity contribution >= 4 is 49.8 Å². The summed E-state index contributed by atoms with van der Waals surface area (Å²) in [5.74, 6) is 0. The van der Waals surface area contributed by atoms with E-state index in [0.717, 1.165) is 28.2 Å². The van der Waals surface area contributed by atoms with Gasteiger partial charge in [0.1, 0.15) is 11.2 Å². The highest BCUT2D eigenvalue weighted by Crippen LogP contribution is 2.55. The quantitative estimate of drug-likeness (QED) is 0.176. The van der Waals surface area contributed by atoms with Crippen LogP contribution in [0.15, 0.2) is 156 Å². The topological polar surface area (TPSA) is 16.4 Å². The average Bonchev–Trinajstić information content (AvgIpc) is 3.81. The number of fused-ring (bicyclic) bond motifs is 10. The van der Waals surface area contributed by atoms with E-state index in [-0.39, 0.29) is 21.7 Å². The second kappa shape index (κ2) is 13.1. The Morgan fingerprint density at radius 2 is 0.984 bits per heavy atom. The van der Waals surface area contributed by atoms with Crippen LogP contribution in [0, 0.1) is 0 Å². The lowest BCUT2D eigenvalue weighted by molar-refractivity contribution is 0.559. The minimum absolute atomic E-state index is 0.0150. The van der Waals surface area contributed by atoms with Crippen molar-refractivity contribution < 1.29 is 4.42 Å². The van der Waals surface area contributed by atoms with Crippen LogP contribution in [0.5, 0.6) is 0 Å². The minimum Gasteiger partial charge on any atom is -0.456 e. The minimum atomic E-state index is -0.238. The van der Waals surface area contributed by atoms with Crippen molar-refractivity contribution in [3.8, 4) is 33.4 Å². The van der Waals surface area contributed by atoms with Crippen molar-refractivity contribution in [1.82, 2.24) is 0 Å². The molecule has 0 radical (unpaired) electrons. The molecule has 0 N–H and O–H groups in total. The van der Waals surface area contributed by atoms with Gasteiger partial charge in [0.05, 0.1) is 0 Å². The van der Waals surface area contributed by atoms with Gasteiger partial charge in [-0.2, -0.15) is 0 Å². The summed E-state index contributed by atoms with van der Waals surface area (Å²) in [6, 6.07) is 57.1. The van der Waals surface area contributed by atoms with Crippen LogP contribution in [0.2, 0.25) is 0 Å². The van der Waals surface area contributed by atoms with Gasteiger partial charge in [-0.05, 0) is 137 Å². The Hall–Kier alpha value is -6.38. The first-order valence-corrected chi connectivity index (χ1v) is 22.3. The number of anilines is 3. The van der Waals surface area contributed by atoms with E-state index in [1.165, 1.54) is 88.3 Å². The van der Waals surface area contributed by atoms with Crippen molar-refractivity contribution in [2.45, 2.75) is 90.9 Å².